The van der Waals surface area contributed by atoms with Gasteiger partial charge in [0, 0.05) is 37.8 Å². The second-order valence-electron chi connectivity index (χ2n) is 9.06. The van der Waals surface area contributed by atoms with Crippen molar-refractivity contribution in [2.75, 3.05) is 26.2 Å². The van der Waals surface area contributed by atoms with Gasteiger partial charge in [0.05, 0.1) is 0 Å². The number of nitriles is 1. The molecule has 2 saturated heterocycles. The molecule has 4 heterocycles. The summed E-state index contributed by atoms with van der Waals surface area (Å²) in [4.78, 5) is 49.9. The van der Waals surface area contributed by atoms with E-state index in [1.165, 1.54) is 6.20 Å². The highest BCUT2D eigenvalue weighted by molar-refractivity contribution is 6.27. The van der Waals surface area contributed by atoms with Gasteiger partial charge in [0.25, 0.3) is 5.91 Å². The largest absolute Gasteiger partial charge is 0.343 e. The van der Waals surface area contributed by atoms with Crippen LogP contribution in [0.3, 0.4) is 0 Å². The van der Waals surface area contributed by atoms with E-state index in [4.69, 9.17) is 0 Å². The third kappa shape index (κ3) is 3.24. The highest BCUT2D eigenvalue weighted by atomic mass is 16.2. The molecule has 0 aliphatic carbocycles. The Kier molecular flexibility index (Phi) is 4.64. The van der Waals surface area contributed by atoms with Gasteiger partial charge in [-0.25, -0.2) is 4.99 Å². The molecule has 2 fully saturated rings. The van der Waals surface area contributed by atoms with Crippen molar-refractivity contribution in [3.8, 4) is 6.07 Å². The fourth-order valence-electron chi connectivity index (χ4n) is 4.24. The van der Waals surface area contributed by atoms with Crippen molar-refractivity contribution < 1.29 is 14.4 Å². The Morgan fingerprint density at radius 3 is 2.67 bits per heavy atom. The number of hydrogen-bond donors (Lipinski definition) is 2. The Balaban J connectivity index is 1.52. The van der Waals surface area contributed by atoms with Crippen LogP contribution in [0.2, 0.25) is 0 Å². The van der Waals surface area contributed by atoms with Gasteiger partial charge < -0.3 is 20.4 Å². The molecule has 30 heavy (non-hydrogen) atoms. The zero-order chi connectivity index (χ0) is 21.7. The number of rotatable bonds is 1. The summed E-state index contributed by atoms with van der Waals surface area (Å²) < 4.78 is 0. The molecule has 10 nitrogen and oxygen atoms in total. The van der Waals surface area contributed by atoms with E-state index in [1.54, 1.807) is 16.7 Å². The highest BCUT2D eigenvalue weighted by Crippen LogP contribution is 2.30. The third-order valence-corrected chi connectivity index (χ3v) is 6.08. The van der Waals surface area contributed by atoms with Crippen LogP contribution in [0.15, 0.2) is 21.8 Å². The molecule has 2 N–H and O–H groups in total. The first-order valence-corrected chi connectivity index (χ1v) is 10.1. The maximum Gasteiger partial charge on any atom is 0.259 e. The molecular formula is C20H25N7O3. The molecule has 0 aromatic carbocycles. The van der Waals surface area contributed by atoms with Crippen LogP contribution in [0.1, 0.15) is 33.6 Å². The Hall–Kier alpha value is -3.22. The summed E-state index contributed by atoms with van der Waals surface area (Å²) in [6.45, 7) is 7.50. The lowest BCUT2D eigenvalue weighted by atomic mass is 9.84. The molecule has 10 heteroatoms. The van der Waals surface area contributed by atoms with Crippen molar-refractivity contribution in [3.63, 3.8) is 0 Å². The van der Waals surface area contributed by atoms with Crippen LogP contribution in [0, 0.1) is 16.7 Å². The Morgan fingerprint density at radius 2 is 2.00 bits per heavy atom. The van der Waals surface area contributed by atoms with Gasteiger partial charge in [0.2, 0.25) is 17.6 Å². The van der Waals surface area contributed by atoms with E-state index < -0.39 is 11.6 Å². The SMILES string of the molecule is CC1NC(=O)C2(CCN(C(=O)C3=CN=C(C#N)N4CC(C)(C)CN=C34)CC2)NC1=O. The highest BCUT2D eigenvalue weighted by Gasteiger charge is 2.48. The van der Waals surface area contributed by atoms with Gasteiger partial charge in [-0.3, -0.25) is 19.4 Å². The quantitative estimate of drug-likeness (QED) is 0.603. The zero-order valence-corrected chi connectivity index (χ0v) is 17.4. The van der Waals surface area contributed by atoms with E-state index in [-0.39, 0.29) is 29.0 Å². The summed E-state index contributed by atoms with van der Waals surface area (Å²) >= 11 is 0. The predicted molar refractivity (Wildman–Crippen MR) is 108 cm³/mol. The molecule has 0 saturated carbocycles. The van der Waals surface area contributed by atoms with Crippen LogP contribution < -0.4 is 10.6 Å². The molecule has 3 amide bonds. The maximum absolute atomic E-state index is 13.2. The van der Waals surface area contributed by atoms with Crippen molar-refractivity contribution in [1.29, 1.82) is 5.26 Å². The molecule has 1 atom stereocenters. The molecular weight excluding hydrogens is 386 g/mol. The number of carbonyl (C=O) groups excluding carboxylic acids is 3. The number of carbonyl (C=O) groups is 3. The van der Waals surface area contributed by atoms with Crippen LogP contribution in [0.25, 0.3) is 0 Å². The zero-order valence-electron chi connectivity index (χ0n) is 17.4. The third-order valence-electron chi connectivity index (χ3n) is 6.08. The topological polar surface area (TPSA) is 130 Å². The van der Waals surface area contributed by atoms with E-state index in [9.17, 15) is 19.6 Å². The predicted octanol–water partition coefficient (Wildman–Crippen LogP) is -0.458. The number of amides is 3. The van der Waals surface area contributed by atoms with Crippen molar-refractivity contribution >= 4 is 29.4 Å². The van der Waals surface area contributed by atoms with Gasteiger partial charge in [0.1, 0.15) is 29.1 Å². The Morgan fingerprint density at radius 1 is 1.30 bits per heavy atom. The normalized spacial score (nSPS) is 27.1. The lowest BCUT2D eigenvalue weighted by molar-refractivity contribution is -0.144. The average molecular weight is 411 g/mol. The first-order valence-electron chi connectivity index (χ1n) is 10.1. The van der Waals surface area contributed by atoms with Gasteiger partial charge in [-0.15, -0.1) is 0 Å². The van der Waals surface area contributed by atoms with E-state index in [2.05, 4.69) is 40.5 Å². The van der Waals surface area contributed by atoms with Crippen molar-refractivity contribution in [2.45, 2.75) is 45.2 Å². The number of piperidine rings is 1. The van der Waals surface area contributed by atoms with Crippen molar-refractivity contribution in [3.05, 3.63) is 11.8 Å². The summed E-state index contributed by atoms with van der Waals surface area (Å²) in [5, 5.41) is 15.0. The van der Waals surface area contributed by atoms with Crippen LogP contribution in [-0.2, 0) is 14.4 Å². The van der Waals surface area contributed by atoms with Gasteiger partial charge in [-0.05, 0) is 19.8 Å². The minimum Gasteiger partial charge on any atom is -0.343 e. The number of hydrogen-bond acceptors (Lipinski definition) is 7. The standard InChI is InChI=1S/C20H25N7O3/c1-12-16(28)25-20(18(30)24-12)4-6-26(7-5-20)17(29)13-9-22-14(8-21)27-11-19(2,3)10-23-15(13)27/h9,12H,4-7,10-11H2,1-3H3,(H,24,30)(H,25,28). The number of piperazine rings is 1. The summed E-state index contributed by atoms with van der Waals surface area (Å²) in [5.41, 5.74) is -0.745. The minimum atomic E-state index is -0.966. The molecule has 0 bridgehead atoms. The molecule has 0 radical (unpaired) electrons. The van der Waals surface area contributed by atoms with Crippen LogP contribution >= 0.6 is 0 Å². The lowest BCUT2D eigenvalue weighted by Crippen LogP contribution is -2.71. The van der Waals surface area contributed by atoms with Crippen LogP contribution in [0.5, 0.6) is 0 Å². The summed E-state index contributed by atoms with van der Waals surface area (Å²) in [7, 11) is 0. The molecule has 158 valence electrons. The second kappa shape index (κ2) is 6.93. The second-order valence-corrected chi connectivity index (χ2v) is 9.06. The lowest BCUT2D eigenvalue weighted by Gasteiger charge is -2.45. The first-order chi connectivity index (χ1) is 14.2. The van der Waals surface area contributed by atoms with E-state index >= 15 is 0 Å². The van der Waals surface area contributed by atoms with Gasteiger partial charge in [0.15, 0.2) is 0 Å². The maximum atomic E-state index is 13.2. The molecule has 1 unspecified atom stereocenters. The molecule has 0 aromatic heterocycles. The Labute approximate surface area is 174 Å². The molecule has 4 aliphatic heterocycles. The van der Waals surface area contributed by atoms with Gasteiger partial charge in [-0.2, -0.15) is 5.26 Å². The number of likely N-dealkylation sites (tertiary alicyclic amines) is 1. The number of aliphatic imine (C=N–C) groups is 2. The number of amidine groups is 2. The first kappa shape index (κ1) is 20.1. The summed E-state index contributed by atoms with van der Waals surface area (Å²) in [6, 6.07) is 1.52. The minimum absolute atomic E-state index is 0.131. The van der Waals surface area contributed by atoms with Crippen LogP contribution in [0.4, 0.5) is 0 Å². The van der Waals surface area contributed by atoms with E-state index in [0.717, 1.165) is 0 Å². The molecule has 1 spiro atoms. The monoisotopic (exact) mass is 411 g/mol. The Bertz CT molecular complexity index is 948. The van der Waals surface area contributed by atoms with Crippen molar-refractivity contribution in [2.24, 2.45) is 15.4 Å². The smallest absolute Gasteiger partial charge is 0.259 e. The fourth-order valence-corrected chi connectivity index (χ4v) is 4.24. The summed E-state index contributed by atoms with van der Waals surface area (Å²) in [5.74, 6) is 0.0597. The molecule has 4 rings (SSSR count). The number of nitrogens with zero attached hydrogens (tertiary/aromatic N) is 5. The molecule has 0 aromatic rings. The summed E-state index contributed by atoms with van der Waals surface area (Å²) in [6.07, 6.45) is 2.09. The van der Waals surface area contributed by atoms with Crippen molar-refractivity contribution in [1.82, 2.24) is 20.4 Å². The van der Waals surface area contributed by atoms with Gasteiger partial charge >= 0.3 is 0 Å². The number of nitrogens with one attached hydrogen (secondary N) is 2. The number of fused-ring (bicyclic) bond motifs is 1. The molecule has 4 aliphatic rings. The van der Waals surface area contributed by atoms with E-state index in [0.29, 0.717) is 50.4 Å². The van der Waals surface area contributed by atoms with E-state index in [1.807, 2.05) is 0 Å². The van der Waals surface area contributed by atoms with Crippen LogP contribution in [-0.4, -0.2) is 77.0 Å². The average Bonchev–Trinajstić information content (AvgIpc) is 2.71. The van der Waals surface area contributed by atoms with Gasteiger partial charge in [-0.1, -0.05) is 13.8 Å². The fraction of sp³-hybridized carbons (Fsp3) is 0.600.